The summed E-state index contributed by atoms with van der Waals surface area (Å²) in [6, 6.07) is 0. The average molecular weight is 354 g/mol. The molecule has 1 aromatic heterocycles. The van der Waals surface area contributed by atoms with Gasteiger partial charge in [0, 0.05) is 19.0 Å². The number of rotatable bonds is 2. The van der Waals surface area contributed by atoms with E-state index in [0.717, 1.165) is 15.9 Å². The summed E-state index contributed by atoms with van der Waals surface area (Å²) >= 11 is 3.48. The number of nitrogens with zero attached hydrogens (tertiary/aromatic N) is 2. The lowest BCUT2D eigenvalue weighted by Gasteiger charge is -2.37. The van der Waals surface area contributed by atoms with Crippen LogP contribution in [0.1, 0.15) is 37.1 Å². The van der Waals surface area contributed by atoms with Crippen LogP contribution in [0.15, 0.2) is 4.47 Å². The molecule has 1 fully saturated rings. The number of halogens is 4. The third-order valence-electron chi connectivity index (χ3n) is 4.23. The van der Waals surface area contributed by atoms with Crippen LogP contribution in [-0.4, -0.2) is 21.5 Å². The smallest absolute Gasteiger partial charge is 0.325 e. The molecule has 0 radical (unpaired) electrons. The molecule has 1 aliphatic rings. The summed E-state index contributed by atoms with van der Waals surface area (Å²) in [6.45, 7) is 1.89. The molecule has 20 heavy (non-hydrogen) atoms. The van der Waals surface area contributed by atoms with E-state index in [1.807, 2.05) is 14.0 Å². The first-order valence-electron chi connectivity index (χ1n) is 6.66. The van der Waals surface area contributed by atoms with E-state index < -0.39 is 17.6 Å². The SMILES string of the molecule is Cc1nn(C)c(CC2(N)CCC(C(F)(F)F)CC2)c1Br. The predicted octanol–water partition coefficient (Wildman–Crippen LogP) is 3.48. The lowest BCUT2D eigenvalue weighted by molar-refractivity contribution is -0.184. The molecule has 0 amide bonds. The van der Waals surface area contributed by atoms with Gasteiger partial charge < -0.3 is 5.73 Å². The maximum absolute atomic E-state index is 12.7. The first-order chi connectivity index (χ1) is 9.12. The Morgan fingerprint density at radius 3 is 2.35 bits per heavy atom. The van der Waals surface area contributed by atoms with Crippen molar-refractivity contribution in [3.05, 3.63) is 15.9 Å². The van der Waals surface area contributed by atoms with E-state index in [1.54, 1.807) is 4.68 Å². The van der Waals surface area contributed by atoms with Crippen LogP contribution >= 0.6 is 15.9 Å². The second-order valence-corrected chi connectivity index (χ2v) is 6.62. The minimum absolute atomic E-state index is 0.119. The quantitative estimate of drug-likeness (QED) is 0.884. The average Bonchev–Trinajstić information content (AvgIpc) is 2.55. The molecule has 1 aliphatic carbocycles. The van der Waals surface area contributed by atoms with Gasteiger partial charge >= 0.3 is 6.18 Å². The molecule has 2 N–H and O–H groups in total. The number of alkyl halides is 3. The molecule has 7 heteroatoms. The van der Waals surface area contributed by atoms with Crippen molar-refractivity contribution in [2.45, 2.75) is 50.7 Å². The number of aryl methyl sites for hydroxylation is 2. The molecule has 1 heterocycles. The summed E-state index contributed by atoms with van der Waals surface area (Å²) < 4.78 is 40.7. The molecule has 0 unspecified atom stereocenters. The summed E-state index contributed by atoms with van der Waals surface area (Å²) in [4.78, 5) is 0. The van der Waals surface area contributed by atoms with E-state index in [2.05, 4.69) is 21.0 Å². The first kappa shape index (κ1) is 15.8. The molecule has 0 bridgehead atoms. The molecule has 2 rings (SSSR count). The van der Waals surface area contributed by atoms with Crippen LogP contribution in [-0.2, 0) is 13.5 Å². The molecule has 0 saturated heterocycles. The van der Waals surface area contributed by atoms with Gasteiger partial charge in [-0.15, -0.1) is 0 Å². The highest BCUT2D eigenvalue weighted by Crippen LogP contribution is 2.41. The molecular weight excluding hydrogens is 335 g/mol. The monoisotopic (exact) mass is 353 g/mol. The zero-order valence-electron chi connectivity index (χ0n) is 11.6. The van der Waals surface area contributed by atoms with Gasteiger partial charge in [-0.05, 0) is 48.5 Å². The van der Waals surface area contributed by atoms with E-state index in [0.29, 0.717) is 19.3 Å². The van der Waals surface area contributed by atoms with Gasteiger partial charge in [-0.25, -0.2) is 0 Å². The molecule has 0 aromatic carbocycles. The van der Waals surface area contributed by atoms with Crippen molar-refractivity contribution in [1.82, 2.24) is 9.78 Å². The largest absolute Gasteiger partial charge is 0.391 e. The molecule has 1 aromatic rings. The van der Waals surface area contributed by atoms with Crippen LogP contribution in [0.5, 0.6) is 0 Å². The molecule has 3 nitrogen and oxygen atoms in total. The Bertz CT molecular complexity index is 488. The Balaban J connectivity index is 2.07. The number of hydrogen-bond donors (Lipinski definition) is 1. The molecule has 0 spiro atoms. The Kier molecular flexibility index (Phi) is 4.22. The maximum atomic E-state index is 12.7. The fourth-order valence-corrected chi connectivity index (χ4v) is 3.38. The topological polar surface area (TPSA) is 43.8 Å². The maximum Gasteiger partial charge on any atom is 0.391 e. The van der Waals surface area contributed by atoms with Crippen molar-refractivity contribution in [1.29, 1.82) is 0 Å². The standard InChI is InChI=1S/C13H19BrF3N3/c1-8-11(14)10(20(2)19-8)7-12(18)5-3-9(4-6-12)13(15,16)17/h9H,3-7,18H2,1-2H3. The Morgan fingerprint density at radius 2 is 1.95 bits per heavy atom. The van der Waals surface area contributed by atoms with Gasteiger partial charge in [0.15, 0.2) is 0 Å². The van der Waals surface area contributed by atoms with E-state index in [1.165, 1.54) is 0 Å². The summed E-state index contributed by atoms with van der Waals surface area (Å²) in [5.74, 6) is -1.20. The van der Waals surface area contributed by atoms with Crippen LogP contribution in [0.3, 0.4) is 0 Å². The molecule has 114 valence electrons. The van der Waals surface area contributed by atoms with Gasteiger partial charge in [0.25, 0.3) is 0 Å². The molecule has 1 saturated carbocycles. The number of hydrogen-bond acceptors (Lipinski definition) is 2. The van der Waals surface area contributed by atoms with E-state index in [9.17, 15) is 13.2 Å². The molecular formula is C13H19BrF3N3. The second-order valence-electron chi connectivity index (χ2n) is 5.82. The minimum atomic E-state index is -4.09. The Morgan fingerprint density at radius 1 is 1.40 bits per heavy atom. The fourth-order valence-electron chi connectivity index (χ4n) is 2.90. The van der Waals surface area contributed by atoms with Crippen molar-refractivity contribution in [3.63, 3.8) is 0 Å². The minimum Gasteiger partial charge on any atom is -0.325 e. The first-order valence-corrected chi connectivity index (χ1v) is 7.45. The summed E-state index contributed by atoms with van der Waals surface area (Å²) in [5, 5.41) is 4.30. The van der Waals surface area contributed by atoms with Crippen LogP contribution in [0.25, 0.3) is 0 Å². The number of nitrogens with two attached hydrogens (primary N) is 1. The zero-order chi connectivity index (χ0) is 15.1. The zero-order valence-corrected chi connectivity index (χ0v) is 13.2. The van der Waals surface area contributed by atoms with Gasteiger partial charge in [0.1, 0.15) is 0 Å². The third kappa shape index (κ3) is 3.19. The van der Waals surface area contributed by atoms with Gasteiger partial charge in [-0.1, -0.05) is 0 Å². The Labute approximate surface area is 124 Å². The highest BCUT2D eigenvalue weighted by molar-refractivity contribution is 9.10. The number of aromatic nitrogens is 2. The van der Waals surface area contributed by atoms with E-state index in [-0.39, 0.29) is 12.8 Å². The van der Waals surface area contributed by atoms with Crippen LogP contribution < -0.4 is 5.73 Å². The summed E-state index contributed by atoms with van der Waals surface area (Å²) in [6.07, 6.45) is -2.51. The molecule has 0 aliphatic heterocycles. The summed E-state index contributed by atoms with van der Waals surface area (Å²) in [7, 11) is 1.83. The van der Waals surface area contributed by atoms with Crippen molar-refractivity contribution in [2.24, 2.45) is 18.7 Å². The Hall–Kier alpha value is -0.560. The highest BCUT2D eigenvalue weighted by Gasteiger charge is 2.44. The lowest BCUT2D eigenvalue weighted by atomic mass is 9.74. The van der Waals surface area contributed by atoms with Crippen molar-refractivity contribution < 1.29 is 13.2 Å². The van der Waals surface area contributed by atoms with Crippen molar-refractivity contribution >= 4 is 15.9 Å². The predicted molar refractivity (Wildman–Crippen MR) is 74.3 cm³/mol. The van der Waals surface area contributed by atoms with Gasteiger partial charge in [-0.2, -0.15) is 18.3 Å². The van der Waals surface area contributed by atoms with Gasteiger partial charge in [0.2, 0.25) is 0 Å². The summed E-state index contributed by atoms with van der Waals surface area (Å²) in [5.41, 5.74) is 7.57. The van der Waals surface area contributed by atoms with Gasteiger partial charge in [0.05, 0.1) is 21.8 Å². The van der Waals surface area contributed by atoms with Crippen molar-refractivity contribution in [2.75, 3.05) is 0 Å². The van der Waals surface area contributed by atoms with Crippen LogP contribution in [0.4, 0.5) is 13.2 Å². The van der Waals surface area contributed by atoms with Crippen molar-refractivity contribution in [3.8, 4) is 0 Å². The normalized spacial score (nSPS) is 27.9. The van der Waals surface area contributed by atoms with E-state index in [4.69, 9.17) is 5.73 Å². The second kappa shape index (κ2) is 5.33. The third-order valence-corrected chi connectivity index (χ3v) is 5.26. The fraction of sp³-hybridized carbons (Fsp3) is 0.769. The van der Waals surface area contributed by atoms with Crippen LogP contribution in [0.2, 0.25) is 0 Å². The highest BCUT2D eigenvalue weighted by atomic mass is 79.9. The van der Waals surface area contributed by atoms with Gasteiger partial charge in [-0.3, -0.25) is 4.68 Å². The lowest BCUT2D eigenvalue weighted by Crippen LogP contribution is -2.47. The molecule has 0 atom stereocenters. The van der Waals surface area contributed by atoms with E-state index >= 15 is 0 Å². The van der Waals surface area contributed by atoms with Crippen LogP contribution in [0, 0.1) is 12.8 Å².